The van der Waals surface area contributed by atoms with Crippen molar-refractivity contribution in [2.75, 3.05) is 0 Å². The van der Waals surface area contributed by atoms with Crippen molar-refractivity contribution in [2.24, 2.45) is 11.7 Å². The number of rotatable bonds is 15. The topological polar surface area (TPSA) is 221 Å². The van der Waals surface area contributed by atoms with Crippen LogP contribution in [0.4, 0.5) is 0 Å². The number of hydrogen-bond acceptors (Lipinski definition) is 7. The number of carboxylic acid groups (broad SMARTS) is 4. The molecule has 3 unspecified atom stereocenters. The molecule has 0 aliphatic carbocycles. The summed E-state index contributed by atoms with van der Waals surface area (Å²) < 4.78 is 0. The summed E-state index contributed by atoms with van der Waals surface area (Å²) in [4.78, 5) is 67.0. The Bertz CT molecular complexity index is 619. The number of ketones is 1. The molecule has 0 aliphatic rings. The van der Waals surface area contributed by atoms with Crippen LogP contribution in [0, 0.1) is 5.92 Å². The lowest BCUT2D eigenvalue weighted by molar-refractivity contribution is -0.145. The van der Waals surface area contributed by atoms with Crippen molar-refractivity contribution < 1.29 is 49.2 Å². The van der Waals surface area contributed by atoms with Gasteiger partial charge in [-0.25, -0.2) is 4.79 Å². The van der Waals surface area contributed by atoms with Crippen molar-refractivity contribution in [2.45, 2.75) is 57.0 Å². The molecule has 12 nitrogen and oxygen atoms in total. The SMILES string of the molecule is NC(CCC(=O)CC(CCC(=O)NC(CCC(=O)O)C(=O)O)C(=O)O)C(=O)O. The normalized spacial score (nSPS) is 13.8. The summed E-state index contributed by atoms with van der Waals surface area (Å²) in [7, 11) is 0. The van der Waals surface area contributed by atoms with Crippen LogP contribution in [-0.4, -0.2) is 68.1 Å². The summed E-state index contributed by atoms with van der Waals surface area (Å²) in [6.07, 6.45) is -2.22. The zero-order valence-electron chi connectivity index (χ0n) is 15.0. The monoisotopic (exact) mass is 404 g/mol. The molecule has 0 spiro atoms. The molecule has 0 bridgehead atoms. The van der Waals surface area contributed by atoms with Crippen LogP contribution < -0.4 is 11.1 Å². The van der Waals surface area contributed by atoms with Crippen molar-refractivity contribution in [3.8, 4) is 0 Å². The third kappa shape index (κ3) is 10.9. The van der Waals surface area contributed by atoms with Gasteiger partial charge in [0.05, 0.1) is 5.92 Å². The molecule has 0 fully saturated rings. The largest absolute Gasteiger partial charge is 0.481 e. The number of Topliss-reactive ketones (excluding diaryl/α,β-unsaturated/α-hetero) is 1. The third-order valence-corrected chi connectivity index (χ3v) is 3.87. The summed E-state index contributed by atoms with van der Waals surface area (Å²) in [5, 5.41) is 37.4. The van der Waals surface area contributed by atoms with E-state index in [1.807, 2.05) is 0 Å². The van der Waals surface area contributed by atoms with Crippen molar-refractivity contribution in [3.63, 3.8) is 0 Å². The highest BCUT2D eigenvalue weighted by Gasteiger charge is 2.25. The minimum absolute atomic E-state index is 0.148. The first-order chi connectivity index (χ1) is 12.9. The van der Waals surface area contributed by atoms with Crippen molar-refractivity contribution in [3.05, 3.63) is 0 Å². The van der Waals surface area contributed by atoms with E-state index in [4.69, 9.17) is 26.2 Å². The zero-order chi connectivity index (χ0) is 21.9. The van der Waals surface area contributed by atoms with Crippen LogP contribution in [0.5, 0.6) is 0 Å². The molecule has 0 saturated heterocycles. The van der Waals surface area contributed by atoms with Crippen molar-refractivity contribution >= 4 is 35.6 Å². The molecule has 0 aromatic carbocycles. The van der Waals surface area contributed by atoms with Crippen molar-refractivity contribution in [1.82, 2.24) is 5.32 Å². The molecule has 0 aromatic heterocycles. The molecule has 3 atom stereocenters. The van der Waals surface area contributed by atoms with E-state index in [-0.39, 0.29) is 32.1 Å². The smallest absolute Gasteiger partial charge is 0.326 e. The Hall–Kier alpha value is -3.02. The lowest BCUT2D eigenvalue weighted by Crippen LogP contribution is -2.41. The molecule has 1 amide bonds. The number of nitrogens with one attached hydrogen (secondary N) is 1. The Kier molecular flexibility index (Phi) is 11.0. The van der Waals surface area contributed by atoms with Crippen LogP contribution in [0.15, 0.2) is 0 Å². The maximum atomic E-state index is 11.8. The summed E-state index contributed by atoms with van der Waals surface area (Å²) in [5.41, 5.74) is 5.26. The predicted molar refractivity (Wildman–Crippen MR) is 91.3 cm³/mol. The quantitative estimate of drug-likeness (QED) is 0.195. The van der Waals surface area contributed by atoms with Gasteiger partial charge in [-0.2, -0.15) is 0 Å². The number of amides is 1. The highest BCUT2D eigenvalue weighted by molar-refractivity contribution is 5.86. The molecule has 7 N–H and O–H groups in total. The van der Waals surface area contributed by atoms with Gasteiger partial charge < -0.3 is 31.5 Å². The molecule has 0 rings (SSSR count). The number of nitrogens with two attached hydrogens (primary N) is 1. The van der Waals surface area contributed by atoms with E-state index in [1.165, 1.54) is 0 Å². The van der Waals surface area contributed by atoms with Gasteiger partial charge in [0.25, 0.3) is 0 Å². The van der Waals surface area contributed by atoms with Gasteiger partial charge in [-0.15, -0.1) is 0 Å². The third-order valence-electron chi connectivity index (χ3n) is 3.87. The van der Waals surface area contributed by atoms with Crippen LogP contribution in [0.2, 0.25) is 0 Å². The summed E-state index contributed by atoms with van der Waals surface area (Å²) in [6.45, 7) is 0. The lowest BCUT2D eigenvalue weighted by Gasteiger charge is -2.15. The first kappa shape index (κ1) is 25.0. The van der Waals surface area contributed by atoms with E-state index in [1.54, 1.807) is 0 Å². The number of hydrogen-bond donors (Lipinski definition) is 6. The molecule has 28 heavy (non-hydrogen) atoms. The van der Waals surface area contributed by atoms with Gasteiger partial charge in [0.1, 0.15) is 17.9 Å². The van der Waals surface area contributed by atoms with Gasteiger partial charge >= 0.3 is 23.9 Å². The molecular formula is C16H24N2O10. The van der Waals surface area contributed by atoms with Crippen LogP contribution in [-0.2, 0) is 28.8 Å². The van der Waals surface area contributed by atoms with Crippen molar-refractivity contribution in [1.29, 1.82) is 0 Å². The average Bonchev–Trinajstić information content (AvgIpc) is 2.58. The molecule has 158 valence electrons. The highest BCUT2D eigenvalue weighted by atomic mass is 16.4. The Morgan fingerprint density at radius 2 is 1.36 bits per heavy atom. The van der Waals surface area contributed by atoms with Gasteiger partial charge in [0.2, 0.25) is 5.91 Å². The second-order valence-electron chi connectivity index (χ2n) is 6.19. The average molecular weight is 404 g/mol. The zero-order valence-corrected chi connectivity index (χ0v) is 15.0. The van der Waals surface area contributed by atoms with Crippen LogP contribution in [0.3, 0.4) is 0 Å². The Morgan fingerprint density at radius 1 is 0.750 bits per heavy atom. The lowest BCUT2D eigenvalue weighted by atomic mass is 9.94. The minimum Gasteiger partial charge on any atom is -0.481 e. The van der Waals surface area contributed by atoms with E-state index >= 15 is 0 Å². The van der Waals surface area contributed by atoms with Crippen LogP contribution in [0.25, 0.3) is 0 Å². The summed E-state index contributed by atoms with van der Waals surface area (Å²) >= 11 is 0. The first-order valence-corrected chi connectivity index (χ1v) is 8.40. The predicted octanol–water partition coefficient (Wildman–Crippen LogP) is -0.947. The van der Waals surface area contributed by atoms with E-state index < -0.39 is 66.4 Å². The number of carboxylic acids is 4. The van der Waals surface area contributed by atoms with Gasteiger partial charge in [-0.3, -0.25) is 24.0 Å². The van der Waals surface area contributed by atoms with E-state index in [2.05, 4.69) is 5.32 Å². The number of aliphatic carboxylic acids is 4. The second kappa shape index (κ2) is 12.4. The summed E-state index contributed by atoms with van der Waals surface area (Å²) in [5.74, 6) is -7.78. The van der Waals surface area contributed by atoms with E-state index in [0.29, 0.717) is 0 Å². The van der Waals surface area contributed by atoms with Crippen LogP contribution >= 0.6 is 0 Å². The maximum absolute atomic E-state index is 11.8. The van der Waals surface area contributed by atoms with E-state index in [9.17, 15) is 28.8 Å². The van der Waals surface area contributed by atoms with E-state index in [0.717, 1.165) is 0 Å². The molecule has 0 heterocycles. The van der Waals surface area contributed by atoms with Gasteiger partial charge in [-0.1, -0.05) is 0 Å². The Balaban J connectivity index is 4.56. The van der Waals surface area contributed by atoms with Gasteiger partial charge in [0, 0.05) is 25.7 Å². The fourth-order valence-corrected chi connectivity index (χ4v) is 2.23. The van der Waals surface area contributed by atoms with Gasteiger partial charge in [-0.05, 0) is 19.3 Å². The standard InChI is InChI=1S/C16H24N2O10/c17-10(15(25)26)3-2-9(19)7-8(14(23)24)1-5-12(20)18-11(16(27)28)4-6-13(21)22/h8,10-11H,1-7,17H2,(H,18,20)(H,21,22)(H,23,24)(H,25,26)(H,27,28). The fourth-order valence-electron chi connectivity index (χ4n) is 2.23. The Morgan fingerprint density at radius 3 is 1.82 bits per heavy atom. The number of carbonyl (C=O) groups is 6. The second-order valence-corrected chi connectivity index (χ2v) is 6.19. The molecule has 0 saturated carbocycles. The van der Waals surface area contributed by atoms with Crippen LogP contribution in [0.1, 0.15) is 44.9 Å². The fraction of sp³-hybridized carbons (Fsp3) is 0.625. The maximum Gasteiger partial charge on any atom is 0.326 e. The van der Waals surface area contributed by atoms with Gasteiger partial charge in [0.15, 0.2) is 0 Å². The minimum atomic E-state index is -1.42. The number of carbonyl (C=O) groups excluding carboxylic acids is 2. The molecule has 12 heteroatoms. The summed E-state index contributed by atoms with van der Waals surface area (Å²) in [6, 6.07) is -2.66. The molecule has 0 aliphatic heterocycles. The Labute approximate surface area is 159 Å². The molecule has 0 radical (unpaired) electrons. The first-order valence-electron chi connectivity index (χ1n) is 8.40. The molecular weight excluding hydrogens is 380 g/mol. The highest BCUT2D eigenvalue weighted by Crippen LogP contribution is 2.15. The molecule has 0 aromatic rings.